The number of hydrogen-bond acceptors (Lipinski definition) is 4. The maximum Gasteiger partial charge on any atom is 0.305 e. The molecule has 2 unspecified atom stereocenters. The zero-order chi connectivity index (χ0) is 32.9. The van der Waals surface area contributed by atoms with Gasteiger partial charge in [0.2, 0.25) is 0 Å². The van der Waals surface area contributed by atoms with Crippen molar-refractivity contribution in [1.29, 1.82) is 0 Å². The van der Waals surface area contributed by atoms with Gasteiger partial charge in [0.05, 0.1) is 13.2 Å². The largest absolute Gasteiger partial charge is 0.465 e. The van der Waals surface area contributed by atoms with Gasteiger partial charge in [-0.2, -0.15) is 0 Å². The molecule has 0 saturated heterocycles. The van der Waals surface area contributed by atoms with E-state index in [0.29, 0.717) is 37.9 Å². The summed E-state index contributed by atoms with van der Waals surface area (Å²) in [6.07, 6.45) is 34.0. The molecule has 0 fully saturated rings. The predicted octanol–water partition coefficient (Wildman–Crippen LogP) is 13.0. The van der Waals surface area contributed by atoms with Gasteiger partial charge in [0.1, 0.15) is 0 Å². The van der Waals surface area contributed by atoms with Gasteiger partial charge in [0, 0.05) is 36.7 Å². The normalized spacial score (nSPS) is 12.0. The summed E-state index contributed by atoms with van der Waals surface area (Å²) in [6, 6.07) is 0. The van der Waals surface area contributed by atoms with E-state index in [9.17, 15) is 9.59 Å². The summed E-state index contributed by atoms with van der Waals surface area (Å²) >= 11 is 0. The first kappa shape index (κ1) is 49.1. The van der Waals surface area contributed by atoms with E-state index in [2.05, 4.69) is 41.5 Å². The summed E-state index contributed by atoms with van der Waals surface area (Å²) in [4.78, 5) is 23.4. The summed E-state index contributed by atoms with van der Waals surface area (Å²) in [5, 5.41) is 0. The van der Waals surface area contributed by atoms with Crippen molar-refractivity contribution in [2.45, 2.75) is 221 Å². The number of carbonyl (C=O) groups is 2. The molecule has 0 rings (SSSR count). The first-order chi connectivity index (χ1) is 21.5. The Balaban J connectivity index is -0.000000767. The Bertz CT molecular complexity index is 533. The van der Waals surface area contributed by atoms with Gasteiger partial charge in [-0.25, -0.2) is 0 Å². The second-order valence-corrected chi connectivity index (χ2v) is 13.4. The van der Waals surface area contributed by atoms with Crippen molar-refractivity contribution in [3.05, 3.63) is 0 Å². The second kappa shape index (κ2) is 41.8. The van der Waals surface area contributed by atoms with Crippen LogP contribution in [0, 0.1) is 11.8 Å². The summed E-state index contributed by atoms with van der Waals surface area (Å²) in [7, 11) is 0. The zero-order valence-corrected chi connectivity index (χ0v) is 34.4. The molecule has 45 heavy (non-hydrogen) atoms. The summed E-state index contributed by atoms with van der Waals surface area (Å²) in [5.74, 6) is 1.15. The van der Waals surface area contributed by atoms with Crippen molar-refractivity contribution in [3.8, 4) is 0 Å². The quantitative estimate of drug-likeness (QED) is 0.0391. The van der Waals surface area contributed by atoms with E-state index in [0.717, 1.165) is 25.7 Å². The minimum absolute atomic E-state index is 0. The smallest absolute Gasteiger partial charge is 0.305 e. The molecule has 0 bridgehead atoms. The molecule has 0 amide bonds. The number of carbonyl (C=O) groups excluding carboxylic acids is 2. The second-order valence-electron chi connectivity index (χ2n) is 13.4. The molecule has 2 atom stereocenters. The van der Waals surface area contributed by atoms with Crippen LogP contribution in [0.15, 0.2) is 0 Å². The van der Waals surface area contributed by atoms with Crippen LogP contribution in [0.3, 0.4) is 0 Å². The van der Waals surface area contributed by atoms with E-state index in [1.165, 1.54) is 141 Å². The SMILES string of the molecule is CCCCCCCCCCCC(=O)OCC(CC)CCCC.CCCCCCCCCCCC(=O)OCC(CC)CCCC.[Sn]. The molecule has 0 aliphatic heterocycles. The van der Waals surface area contributed by atoms with Crippen molar-refractivity contribution in [2.75, 3.05) is 13.2 Å². The van der Waals surface area contributed by atoms with Crippen LogP contribution in [0.25, 0.3) is 0 Å². The van der Waals surface area contributed by atoms with Gasteiger partial charge in [-0.3, -0.25) is 9.59 Å². The number of esters is 2. The third-order valence-electron chi connectivity index (χ3n) is 9.02. The fourth-order valence-electron chi connectivity index (χ4n) is 5.52. The van der Waals surface area contributed by atoms with E-state index in [4.69, 9.17) is 9.47 Å². The first-order valence-electron chi connectivity index (χ1n) is 19.8. The Morgan fingerprint density at radius 2 is 0.667 bits per heavy atom. The van der Waals surface area contributed by atoms with Gasteiger partial charge in [-0.1, -0.05) is 183 Å². The van der Waals surface area contributed by atoms with E-state index >= 15 is 0 Å². The minimum Gasteiger partial charge on any atom is -0.465 e. The number of unbranched alkanes of at least 4 members (excludes halogenated alkanes) is 18. The topological polar surface area (TPSA) is 52.6 Å². The Kier molecular flexibility index (Phi) is 45.6. The van der Waals surface area contributed by atoms with Crippen LogP contribution < -0.4 is 0 Å². The molecule has 0 aliphatic carbocycles. The maximum absolute atomic E-state index is 11.7. The van der Waals surface area contributed by atoms with Gasteiger partial charge in [-0.05, 0) is 37.5 Å². The molecule has 4 nitrogen and oxygen atoms in total. The van der Waals surface area contributed by atoms with Crippen LogP contribution in [-0.2, 0) is 19.1 Å². The van der Waals surface area contributed by atoms with Gasteiger partial charge >= 0.3 is 11.9 Å². The molecule has 0 heterocycles. The third kappa shape index (κ3) is 39.8. The van der Waals surface area contributed by atoms with Crippen LogP contribution in [0.2, 0.25) is 0 Å². The minimum atomic E-state index is 0. The first-order valence-corrected chi connectivity index (χ1v) is 19.8. The molecule has 5 heteroatoms. The maximum atomic E-state index is 11.7. The molecule has 0 aromatic carbocycles. The Hall–Kier alpha value is -0.261. The Morgan fingerprint density at radius 3 is 0.933 bits per heavy atom. The number of rotatable bonds is 32. The fourth-order valence-corrected chi connectivity index (χ4v) is 5.52. The van der Waals surface area contributed by atoms with Crippen LogP contribution in [0.1, 0.15) is 221 Å². The summed E-state index contributed by atoms with van der Waals surface area (Å²) in [5.41, 5.74) is 0. The van der Waals surface area contributed by atoms with Crippen LogP contribution in [0.4, 0.5) is 0 Å². The summed E-state index contributed by atoms with van der Waals surface area (Å²) < 4.78 is 10.9. The van der Waals surface area contributed by atoms with E-state index < -0.39 is 0 Å². The fraction of sp³-hybridized carbons (Fsp3) is 0.950. The van der Waals surface area contributed by atoms with Crippen molar-refractivity contribution < 1.29 is 19.1 Å². The molecule has 0 aliphatic rings. The van der Waals surface area contributed by atoms with Crippen LogP contribution in [0.5, 0.6) is 0 Å². The monoisotopic (exact) mass is 745 g/mol. The van der Waals surface area contributed by atoms with E-state index in [1.807, 2.05) is 0 Å². The Labute approximate surface area is 300 Å². The van der Waals surface area contributed by atoms with Gasteiger partial charge in [-0.15, -0.1) is 0 Å². The van der Waals surface area contributed by atoms with Gasteiger partial charge < -0.3 is 9.47 Å². The van der Waals surface area contributed by atoms with Gasteiger partial charge in [0.25, 0.3) is 0 Å². The van der Waals surface area contributed by atoms with Crippen LogP contribution in [-0.4, -0.2) is 49.1 Å². The van der Waals surface area contributed by atoms with E-state index in [-0.39, 0.29) is 35.8 Å². The molecule has 0 aromatic heterocycles. The van der Waals surface area contributed by atoms with Crippen molar-refractivity contribution in [1.82, 2.24) is 0 Å². The molecule has 268 valence electrons. The summed E-state index contributed by atoms with van der Waals surface area (Å²) in [6.45, 7) is 14.6. The molecule has 0 N–H and O–H groups in total. The number of hydrogen-bond donors (Lipinski definition) is 0. The van der Waals surface area contributed by atoms with Crippen molar-refractivity contribution in [2.24, 2.45) is 11.8 Å². The molecular formula is C40H80O4Sn. The van der Waals surface area contributed by atoms with E-state index in [1.54, 1.807) is 0 Å². The number of ether oxygens (including phenoxy) is 2. The average molecular weight is 744 g/mol. The molecule has 0 saturated carbocycles. The van der Waals surface area contributed by atoms with Gasteiger partial charge in [0.15, 0.2) is 0 Å². The Morgan fingerprint density at radius 1 is 0.400 bits per heavy atom. The predicted molar refractivity (Wildman–Crippen MR) is 198 cm³/mol. The van der Waals surface area contributed by atoms with Crippen molar-refractivity contribution >= 4 is 35.8 Å². The molecule has 0 spiro atoms. The van der Waals surface area contributed by atoms with Crippen LogP contribution >= 0.6 is 0 Å². The average Bonchev–Trinajstić information content (AvgIpc) is 3.03. The third-order valence-corrected chi connectivity index (χ3v) is 9.02. The zero-order valence-electron chi connectivity index (χ0n) is 31.5. The molecular weight excluding hydrogens is 663 g/mol. The molecule has 4 radical (unpaired) electrons. The standard InChI is InChI=1S/2C20H40O2.Sn/c2*1-4-7-9-10-11-12-13-14-15-17-20(21)22-18-19(6-3)16-8-5-2;/h2*19H,4-18H2,1-3H3;. The molecule has 0 aromatic rings. The van der Waals surface area contributed by atoms with Crippen molar-refractivity contribution in [3.63, 3.8) is 0 Å².